The van der Waals surface area contributed by atoms with E-state index in [9.17, 15) is 8.78 Å². The van der Waals surface area contributed by atoms with E-state index >= 15 is 0 Å². The van der Waals surface area contributed by atoms with Crippen molar-refractivity contribution in [3.63, 3.8) is 0 Å². The lowest BCUT2D eigenvalue weighted by atomic mass is 10.0. The monoisotopic (exact) mass is 251 g/mol. The molecular weight excluding hydrogens is 236 g/mol. The number of hydrogen-bond acceptors (Lipinski definition) is 2. The van der Waals surface area contributed by atoms with Crippen LogP contribution in [0.25, 0.3) is 0 Å². The van der Waals surface area contributed by atoms with Crippen LogP contribution in [-0.2, 0) is 7.05 Å². The minimum atomic E-state index is -0.834. The second-order valence-corrected chi connectivity index (χ2v) is 4.08. The van der Waals surface area contributed by atoms with Gasteiger partial charge in [0.2, 0.25) is 0 Å². The van der Waals surface area contributed by atoms with Crippen molar-refractivity contribution < 1.29 is 8.78 Å². The molecule has 2 rings (SSSR count). The number of aryl methyl sites for hydroxylation is 1. The molecule has 1 aromatic carbocycles. The van der Waals surface area contributed by atoms with Crippen molar-refractivity contribution >= 4 is 0 Å². The Balaban J connectivity index is 2.44. The number of aromatic nitrogens is 2. The summed E-state index contributed by atoms with van der Waals surface area (Å²) in [5, 5.41) is 7.19. The van der Waals surface area contributed by atoms with Gasteiger partial charge < -0.3 is 5.32 Å². The number of halogens is 2. The van der Waals surface area contributed by atoms with Gasteiger partial charge in [-0.2, -0.15) is 5.10 Å². The highest BCUT2D eigenvalue weighted by Gasteiger charge is 2.20. The molecule has 5 heteroatoms. The summed E-state index contributed by atoms with van der Waals surface area (Å²) in [5.41, 5.74) is 1.11. The predicted molar refractivity (Wildman–Crippen MR) is 65.1 cm³/mol. The molecule has 0 amide bonds. The average Bonchev–Trinajstić information content (AvgIpc) is 2.77. The molecule has 1 N–H and O–H groups in total. The van der Waals surface area contributed by atoms with Gasteiger partial charge >= 0.3 is 0 Å². The fraction of sp³-hybridized carbons (Fsp3) is 0.308. The van der Waals surface area contributed by atoms with E-state index in [1.807, 2.05) is 6.92 Å². The van der Waals surface area contributed by atoms with Crippen LogP contribution in [0.4, 0.5) is 8.78 Å². The highest BCUT2D eigenvalue weighted by atomic mass is 19.2. The number of nitrogens with one attached hydrogen (secondary N) is 1. The Morgan fingerprint density at radius 1 is 1.39 bits per heavy atom. The summed E-state index contributed by atoms with van der Waals surface area (Å²) in [6.45, 7) is 2.57. The molecule has 18 heavy (non-hydrogen) atoms. The number of rotatable bonds is 4. The fourth-order valence-corrected chi connectivity index (χ4v) is 1.94. The summed E-state index contributed by atoms with van der Waals surface area (Å²) in [6.07, 6.45) is 3.44. The van der Waals surface area contributed by atoms with E-state index < -0.39 is 11.6 Å². The first-order valence-electron chi connectivity index (χ1n) is 5.79. The van der Waals surface area contributed by atoms with Crippen molar-refractivity contribution in [3.8, 4) is 0 Å². The second kappa shape index (κ2) is 5.27. The largest absolute Gasteiger partial charge is 0.306 e. The quantitative estimate of drug-likeness (QED) is 0.904. The van der Waals surface area contributed by atoms with Gasteiger partial charge in [0.25, 0.3) is 0 Å². The van der Waals surface area contributed by atoms with Crippen LogP contribution in [0.1, 0.15) is 24.1 Å². The maximum atomic E-state index is 13.8. The summed E-state index contributed by atoms with van der Waals surface area (Å²) in [5.74, 6) is -1.65. The molecule has 0 aliphatic rings. The van der Waals surface area contributed by atoms with E-state index in [0.717, 1.165) is 11.6 Å². The van der Waals surface area contributed by atoms with Gasteiger partial charge in [0.15, 0.2) is 11.6 Å². The van der Waals surface area contributed by atoms with Crippen molar-refractivity contribution in [2.24, 2.45) is 7.05 Å². The Labute approximate surface area is 104 Å². The van der Waals surface area contributed by atoms with Crippen molar-refractivity contribution in [2.75, 3.05) is 6.54 Å². The summed E-state index contributed by atoms with van der Waals surface area (Å²) in [6, 6.07) is 3.82. The van der Waals surface area contributed by atoms with Crippen LogP contribution >= 0.6 is 0 Å². The maximum Gasteiger partial charge on any atom is 0.163 e. The van der Waals surface area contributed by atoms with Crippen molar-refractivity contribution in [3.05, 3.63) is 53.4 Å². The Morgan fingerprint density at radius 2 is 2.17 bits per heavy atom. The van der Waals surface area contributed by atoms with Crippen LogP contribution in [-0.4, -0.2) is 16.3 Å². The molecule has 1 unspecified atom stereocenters. The summed E-state index contributed by atoms with van der Waals surface area (Å²) in [4.78, 5) is 0. The first-order chi connectivity index (χ1) is 8.63. The van der Waals surface area contributed by atoms with E-state index in [-0.39, 0.29) is 6.04 Å². The maximum absolute atomic E-state index is 13.8. The van der Waals surface area contributed by atoms with Crippen LogP contribution < -0.4 is 5.32 Å². The average molecular weight is 251 g/mol. The molecule has 1 heterocycles. The lowest BCUT2D eigenvalue weighted by Crippen LogP contribution is -2.23. The Morgan fingerprint density at radius 3 is 2.78 bits per heavy atom. The second-order valence-electron chi connectivity index (χ2n) is 4.08. The molecule has 1 atom stereocenters. The zero-order valence-corrected chi connectivity index (χ0v) is 10.3. The number of nitrogens with zero attached hydrogens (tertiary/aromatic N) is 2. The minimum Gasteiger partial charge on any atom is -0.306 e. The molecule has 0 saturated heterocycles. The molecule has 0 saturated carbocycles. The molecule has 0 fully saturated rings. The molecule has 0 radical (unpaired) electrons. The van der Waals surface area contributed by atoms with Crippen LogP contribution in [0.5, 0.6) is 0 Å². The number of hydrogen-bond donors (Lipinski definition) is 1. The zero-order valence-electron chi connectivity index (χ0n) is 10.3. The van der Waals surface area contributed by atoms with Gasteiger partial charge in [-0.3, -0.25) is 4.68 Å². The fourth-order valence-electron chi connectivity index (χ4n) is 1.94. The molecule has 2 aromatic rings. The van der Waals surface area contributed by atoms with E-state index in [2.05, 4.69) is 10.4 Å². The Hall–Kier alpha value is -1.75. The van der Waals surface area contributed by atoms with E-state index in [1.165, 1.54) is 6.07 Å². The van der Waals surface area contributed by atoms with E-state index in [1.54, 1.807) is 30.2 Å². The van der Waals surface area contributed by atoms with Gasteiger partial charge in [0, 0.05) is 24.4 Å². The van der Waals surface area contributed by atoms with Crippen molar-refractivity contribution in [2.45, 2.75) is 13.0 Å². The third-order valence-corrected chi connectivity index (χ3v) is 2.76. The minimum absolute atomic E-state index is 0.296. The first kappa shape index (κ1) is 12.7. The van der Waals surface area contributed by atoms with E-state index in [0.29, 0.717) is 12.1 Å². The van der Waals surface area contributed by atoms with Gasteiger partial charge in [-0.1, -0.05) is 19.1 Å². The molecule has 96 valence electrons. The summed E-state index contributed by atoms with van der Waals surface area (Å²) < 4.78 is 28.7. The molecule has 3 nitrogen and oxygen atoms in total. The van der Waals surface area contributed by atoms with Crippen LogP contribution in [0.15, 0.2) is 30.6 Å². The van der Waals surface area contributed by atoms with Crippen molar-refractivity contribution in [1.29, 1.82) is 0 Å². The van der Waals surface area contributed by atoms with Crippen molar-refractivity contribution in [1.82, 2.24) is 15.1 Å². The molecule has 1 aromatic heterocycles. The lowest BCUT2D eigenvalue weighted by Gasteiger charge is -2.17. The Bertz CT molecular complexity index is 537. The topological polar surface area (TPSA) is 29.9 Å². The third-order valence-electron chi connectivity index (χ3n) is 2.76. The first-order valence-corrected chi connectivity index (χ1v) is 5.79. The molecule has 0 aliphatic carbocycles. The standard InChI is InChI=1S/C13H15F2N3/c1-3-16-13(9-7-17-18(2)8-9)10-5-4-6-11(14)12(10)15/h4-8,13,16H,3H2,1-2H3. The van der Waals surface area contributed by atoms with Gasteiger partial charge in [0.05, 0.1) is 12.2 Å². The molecular formula is C13H15F2N3. The summed E-state index contributed by atoms with van der Waals surface area (Å²) in [7, 11) is 1.79. The van der Waals surface area contributed by atoms with Gasteiger partial charge in [-0.05, 0) is 12.6 Å². The highest BCUT2D eigenvalue weighted by molar-refractivity contribution is 5.30. The lowest BCUT2D eigenvalue weighted by molar-refractivity contribution is 0.483. The molecule has 0 bridgehead atoms. The normalized spacial score (nSPS) is 12.7. The predicted octanol–water partition coefficient (Wildman–Crippen LogP) is 2.40. The van der Waals surface area contributed by atoms with Crippen LogP contribution in [0, 0.1) is 11.6 Å². The Kier molecular flexibility index (Phi) is 3.72. The number of benzene rings is 1. The van der Waals surface area contributed by atoms with Gasteiger partial charge in [-0.15, -0.1) is 0 Å². The van der Waals surface area contributed by atoms with E-state index in [4.69, 9.17) is 0 Å². The highest BCUT2D eigenvalue weighted by Crippen LogP contribution is 2.25. The SMILES string of the molecule is CCNC(c1cnn(C)c1)c1cccc(F)c1F. The molecule has 0 aliphatic heterocycles. The van der Waals surface area contributed by atoms with Gasteiger partial charge in [0.1, 0.15) is 0 Å². The zero-order chi connectivity index (χ0) is 13.1. The van der Waals surface area contributed by atoms with Gasteiger partial charge in [-0.25, -0.2) is 8.78 Å². The van der Waals surface area contributed by atoms with Crippen LogP contribution in [0.3, 0.4) is 0 Å². The summed E-state index contributed by atoms with van der Waals surface area (Å²) >= 11 is 0. The van der Waals surface area contributed by atoms with Crippen LogP contribution in [0.2, 0.25) is 0 Å². The molecule has 0 spiro atoms. The third kappa shape index (κ3) is 2.41. The smallest absolute Gasteiger partial charge is 0.163 e.